The van der Waals surface area contributed by atoms with Crippen LogP contribution >= 0.6 is 0 Å². The van der Waals surface area contributed by atoms with Crippen molar-refractivity contribution >= 4 is 11.9 Å². The molecule has 0 bridgehead atoms. The molecule has 1 amide bonds. The number of aromatic nitrogens is 1. The standard InChI is InChI=1S/C21H24N2O5/c1-27-15-21(20(25)26)8-4-10-23(14-21)19(24)17-6-2-7-18(11-17)28-13-16-5-3-9-22-12-16/h2-3,5-7,9,11-12H,4,8,10,13-15H2,1H3,(H,25,26). The van der Waals surface area contributed by atoms with Gasteiger partial charge in [-0.3, -0.25) is 14.6 Å². The van der Waals surface area contributed by atoms with Crippen LogP contribution in [0.5, 0.6) is 5.75 Å². The molecule has 2 heterocycles. The van der Waals surface area contributed by atoms with Gasteiger partial charge in [0.1, 0.15) is 17.8 Å². The van der Waals surface area contributed by atoms with Gasteiger partial charge in [-0.05, 0) is 37.1 Å². The second-order valence-electron chi connectivity index (χ2n) is 7.03. The van der Waals surface area contributed by atoms with E-state index >= 15 is 0 Å². The summed E-state index contributed by atoms with van der Waals surface area (Å²) in [5.41, 5.74) is 0.347. The highest BCUT2D eigenvalue weighted by Gasteiger charge is 2.44. The molecule has 0 spiro atoms. The lowest BCUT2D eigenvalue weighted by molar-refractivity contribution is -0.155. The van der Waals surface area contributed by atoms with Gasteiger partial charge in [0.05, 0.1) is 6.61 Å². The van der Waals surface area contributed by atoms with Crippen LogP contribution in [0.15, 0.2) is 48.8 Å². The SMILES string of the molecule is COCC1(C(=O)O)CCCN(C(=O)c2cccc(OCc3cccnc3)c2)C1. The molecule has 1 aromatic heterocycles. The van der Waals surface area contributed by atoms with Crippen LogP contribution in [-0.2, 0) is 16.1 Å². The lowest BCUT2D eigenvalue weighted by Crippen LogP contribution is -2.52. The van der Waals surface area contributed by atoms with Gasteiger partial charge in [-0.2, -0.15) is 0 Å². The number of carbonyl (C=O) groups excluding carboxylic acids is 1. The lowest BCUT2D eigenvalue weighted by atomic mass is 9.80. The Bertz CT molecular complexity index is 823. The summed E-state index contributed by atoms with van der Waals surface area (Å²) in [5.74, 6) is -0.554. The Morgan fingerprint density at radius 3 is 2.86 bits per heavy atom. The number of nitrogens with zero attached hydrogens (tertiary/aromatic N) is 2. The molecule has 0 radical (unpaired) electrons. The van der Waals surface area contributed by atoms with Crippen LogP contribution in [0.1, 0.15) is 28.8 Å². The molecule has 3 rings (SSSR count). The van der Waals surface area contributed by atoms with Crippen molar-refractivity contribution in [2.45, 2.75) is 19.4 Å². The average Bonchev–Trinajstić information content (AvgIpc) is 2.73. The summed E-state index contributed by atoms with van der Waals surface area (Å²) < 4.78 is 10.9. The van der Waals surface area contributed by atoms with E-state index in [0.717, 1.165) is 5.56 Å². The monoisotopic (exact) mass is 384 g/mol. The van der Waals surface area contributed by atoms with Crippen LogP contribution in [0.4, 0.5) is 0 Å². The van der Waals surface area contributed by atoms with Gasteiger partial charge in [0, 0.05) is 43.7 Å². The van der Waals surface area contributed by atoms with Gasteiger partial charge in [-0.25, -0.2) is 0 Å². The highest BCUT2D eigenvalue weighted by Crippen LogP contribution is 2.32. The zero-order valence-corrected chi connectivity index (χ0v) is 15.8. The first-order valence-electron chi connectivity index (χ1n) is 9.17. The summed E-state index contributed by atoms with van der Waals surface area (Å²) in [6.45, 7) is 1.10. The molecule has 148 valence electrons. The molecule has 28 heavy (non-hydrogen) atoms. The summed E-state index contributed by atoms with van der Waals surface area (Å²) in [7, 11) is 1.48. The molecule has 7 nitrogen and oxygen atoms in total. The number of carboxylic acids is 1. The molecule has 1 unspecified atom stereocenters. The van der Waals surface area contributed by atoms with Crippen LogP contribution in [0.2, 0.25) is 0 Å². The first kappa shape index (κ1) is 19.8. The molecule has 1 saturated heterocycles. The fourth-order valence-electron chi connectivity index (χ4n) is 3.49. The molecule has 1 N–H and O–H groups in total. The van der Waals surface area contributed by atoms with Crippen LogP contribution in [0.3, 0.4) is 0 Å². The number of piperidine rings is 1. The first-order chi connectivity index (χ1) is 13.5. The maximum atomic E-state index is 13.0. The van der Waals surface area contributed by atoms with Crippen molar-refractivity contribution in [1.29, 1.82) is 0 Å². The fraction of sp³-hybridized carbons (Fsp3) is 0.381. The number of methoxy groups -OCH3 is 1. The van der Waals surface area contributed by atoms with Crippen molar-refractivity contribution in [2.75, 3.05) is 26.8 Å². The molecule has 0 aliphatic carbocycles. The largest absolute Gasteiger partial charge is 0.489 e. The van der Waals surface area contributed by atoms with E-state index in [2.05, 4.69) is 4.98 Å². The predicted octanol–water partition coefficient (Wildman–Crippen LogP) is 2.61. The Morgan fingerprint density at radius 1 is 1.29 bits per heavy atom. The smallest absolute Gasteiger partial charge is 0.313 e. The Hall–Kier alpha value is -2.93. The van der Waals surface area contributed by atoms with Crippen molar-refractivity contribution in [2.24, 2.45) is 5.41 Å². The second-order valence-corrected chi connectivity index (χ2v) is 7.03. The Labute approximate surface area is 163 Å². The van der Waals surface area contributed by atoms with Gasteiger partial charge < -0.3 is 19.5 Å². The van der Waals surface area contributed by atoms with E-state index in [0.29, 0.717) is 37.3 Å². The number of hydrogen-bond acceptors (Lipinski definition) is 5. The zero-order chi connectivity index (χ0) is 20.0. The maximum Gasteiger partial charge on any atom is 0.313 e. The molecule has 0 saturated carbocycles. The molecule has 1 aliphatic heterocycles. The van der Waals surface area contributed by atoms with Gasteiger partial charge in [0.25, 0.3) is 5.91 Å². The van der Waals surface area contributed by atoms with Gasteiger partial charge >= 0.3 is 5.97 Å². The minimum atomic E-state index is -1.06. The summed E-state index contributed by atoms with van der Waals surface area (Å²) in [4.78, 5) is 30.4. The summed E-state index contributed by atoms with van der Waals surface area (Å²) >= 11 is 0. The van der Waals surface area contributed by atoms with Crippen molar-refractivity contribution in [3.8, 4) is 5.75 Å². The fourth-order valence-corrected chi connectivity index (χ4v) is 3.49. The normalized spacial score (nSPS) is 19.2. The molecule has 1 atom stereocenters. The van der Waals surface area contributed by atoms with Crippen molar-refractivity contribution < 1.29 is 24.2 Å². The van der Waals surface area contributed by atoms with Crippen LogP contribution in [0.25, 0.3) is 0 Å². The van der Waals surface area contributed by atoms with Crippen molar-refractivity contribution in [3.05, 3.63) is 59.9 Å². The average molecular weight is 384 g/mol. The van der Waals surface area contributed by atoms with E-state index in [-0.39, 0.29) is 19.1 Å². The number of aliphatic carboxylic acids is 1. The maximum absolute atomic E-state index is 13.0. The van der Waals surface area contributed by atoms with E-state index in [1.807, 2.05) is 12.1 Å². The molecule has 1 aliphatic rings. The minimum Gasteiger partial charge on any atom is -0.489 e. The van der Waals surface area contributed by atoms with Crippen molar-refractivity contribution in [3.63, 3.8) is 0 Å². The molecule has 1 fully saturated rings. The van der Waals surface area contributed by atoms with Gasteiger partial charge in [0.2, 0.25) is 0 Å². The zero-order valence-electron chi connectivity index (χ0n) is 15.8. The Morgan fingerprint density at radius 2 is 2.14 bits per heavy atom. The molecule has 2 aromatic rings. The number of carbonyl (C=O) groups is 2. The third kappa shape index (κ3) is 4.48. The number of carboxylic acid groups (broad SMARTS) is 1. The first-order valence-corrected chi connectivity index (χ1v) is 9.17. The Balaban J connectivity index is 1.70. The highest BCUT2D eigenvalue weighted by atomic mass is 16.5. The number of benzene rings is 1. The number of amides is 1. The molecule has 1 aromatic carbocycles. The van der Waals surface area contributed by atoms with Gasteiger partial charge in [0.15, 0.2) is 0 Å². The molecular weight excluding hydrogens is 360 g/mol. The lowest BCUT2D eigenvalue weighted by Gasteiger charge is -2.39. The topological polar surface area (TPSA) is 89.0 Å². The number of ether oxygens (including phenoxy) is 2. The van der Waals surface area contributed by atoms with Crippen LogP contribution < -0.4 is 4.74 Å². The van der Waals surface area contributed by atoms with E-state index < -0.39 is 11.4 Å². The van der Waals surface area contributed by atoms with Crippen molar-refractivity contribution in [1.82, 2.24) is 9.88 Å². The molecular formula is C21H24N2O5. The van der Waals surface area contributed by atoms with Gasteiger partial charge in [-0.1, -0.05) is 12.1 Å². The second kappa shape index (κ2) is 8.84. The van der Waals surface area contributed by atoms with E-state index in [1.54, 1.807) is 41.6 Å². The van der Waals surface area contributed by atoms with Crippen LogP contribution in [-0.4, -0.2) is 53.7 Å². The third-order valence-corrected chi connectivity index (χ3v) is 4.95. The quantitative estimate of drug-likeness (QED) is 0.789. The summed E-state index contributed by atoms with van der Waals surface area (Å²) in [6.07, 6.45) is 4.54. The minimum absolute atomic E-state index is 0.0837. The van der Waals surface area contributed by atoms with E-state index in [4.69, 9.17) is 9.47 Å². The summed E-state index contributed by atoms with van der Waals surface area (Å²) in [5, 5.41) is 9.67. The predicted molar refractivity (Wildman–Crippen MR) is 102 cm³/mol. The summed E-state index contributed by atoms with van der Waals surface area (Å²) in [6, 6.07) is 10.7. The van der Waals surface area contributed by atoms with E-state index in [9.17, 15) is 14.7 Å². The highest BCUT2D eigenvalue weighted by molar-refractivity contribution is 5.95. The van der Waals surface area contributed by atoms with Crippen LogP contribution in [0, 0.1) is 5.41 Å². The number of hydrogen-bond donors (Lipinski definition) is 1. The van der Waals surface area contributed by atoms with Gasteiger partial charge in [-0.15, -0.1) is 0 Å². The third-order valence-electron chi connectivity index (χ3n) is 4.95. The van der Waals surface area contributed by atoms with E-state index in [1.165, 1.54) is 7.11 Å². The number of pyridine rings is 1. The molecule has 7 heteroatoms. The number of likely N-dealkylation sites (tertiary alicyclic amines) is 1. The Kier molecular flexibility index (Phi) is 6.26. The number of rotatable bonds is 7.